The summed E-state index contributed by atoms with van der Waals surface area (Å²) in [4.78, 5) is 43.1. The van der Waals surface area contributed by atoms with Gasteiger partial charge in [0.15, 0.2) is 0 Å². The second-order valence-electron chi connectivity index (χ2n) is 5.07. The predicted octanol–water partition coefficient (Wildman–Crippen LogP) is 0.697. The third kappa shape index (κ3) is 2.74. The van der Waals surface area contributed by atoms with Gasteiger partial charge in [-0.15, -0.1) is 0 Å². The molecule has 1 aliphatic rings. The van der Waals surface area contributed by atoms with Gasteiger partial charge in [0.05, 0.1) is 13.0 Å². The van der Waals surface area contributed by atoms with Gasteiger partial charge in [-0.3, -0.25) is 19.6 Å². The molecule has 0 saturated heterocycles. The molecule has 116 valence electrons. The number of hydrogen-bond donors (Lipinski definition) is 1. The second-order valence-corrected chi connectivity index (χ2v) is 5.07. The van der Waals surface area contributed by atoms with Crippen LogP contribution in [0.4, 0.5) is 0 Å². The van der Waals surface area contributed by atoms with E-state index in [0.29, 0.717) is 17.6 Å². The van der Waals surface area contributed by atoms with E-state index in [-0.39, 0.29) is 0 Å². The number of esters is 1. The molecule has 0 aliphatic carbocycles. The number of aliphatic imine (C=N–C) groups is 1. The average molecular weight is 304 g/mol. The number of ether oxygens (including phenoxy) is 1. The maximum atomic E-state index is 12.1. The van der Waals surface area contributed by atoms with Gasteiger partial charge in [0.1, 0.15) is 18.2 Å². The van der Waals surface area contributed by atoms with Gasteiger partial charge < -0.3 is 14.6 Å². The van der Waals surface area contributed by atoms with Crippen LogP contribution in [0.3, 0.4) is 0 Å². The molecular weight excluding hydrogens is 288 g/mol. The van der Waals surface area contributed by atoms with Crippen LogP contribution in [0.2, 0.25) is 0 Å². The number of pyridine rings is 1. The first kappa shape index (κ1) is 15.8. The maximum absolute atomic E-state index is 12.1. The van der Waals surface area contributed by atoms with Gasteiger partial charge in [-0.2, -0.15) is 0 Å². The molecule has 0 radical (unpaired) electrons. The molecule has 22 heavy (non-hydrogen) atoms. The molecule has 1 aliphatic heterocycles. The molecule has 1 N–H and O–H groups in total. The van der Waals surface area contributed by atoms with Crippen molar-refractivity contribution in [2.75, 3.05) is 7.11 Å². The van der Waals surface area contributed by atoms with Crippen LogP contribution in [0.25, 0.3) is 0 Å². The van der Waals surface area contributed by atoms with E-state index in [1.54, 1.807) is 19.1 Å². The number of carboxylic acids is 1. The number of methoxy groups -OCH3 is 1. The highest BCUT2D eigenvalue weighted by molar-refractivity contribution is 6.04. The molecule has 2 rings (SSSR count). The molecule has 1 aromatic rings. The first-order valence-electron chi connectivity index (χ1n) is 6.71. The predicted molar refractivity (Wildman–Crippen MR) is 76.6 cm³/mol. The average Bonchev–Trinajstić information content (AvgIpc) is 2.53. The third-order valence-electron chi connectivity index (χ3n) is 3.89. The quantitative estimate of drug-likeness (QED) is 0.648. The third-order valence-corrected chi connectivity index (χ3v) is 3.89. The van der Waals surface area contributed by atoms with Crippen molar-refractivity contribution in [1.29, 1.82) is 0 Å². The fourth-order valence-electron chi connectivity index (χ4n) is 2.93. The maximum Gasteiger partial charge on any atom is 0.312 e. The molecule has 7 heteroatoms. The van der Waals surface area contributed by atoms with Gasteiger partial charge in [-0.1, -0.05) is 0 Å². The Morgan fingerprint density at radius 1 is 1.32 bits per heavy atom. The molecule has 1 aromatic heterocycles. The Morgan fingerprint density at radius 3 is 2.45 bits per heavy atom. The summed E-state index contributed by atoms with van der Waals surface area (Å²) >= 11 is 0. The number of aromatic nitrogens is 1. The van der Waals surface area contributed by atoms with Gasteiger partial charge in [-0.05, 0) is 24.6 Å². The number of carbonyl (C=O) groups is 3. The molecule has 0 amide bonds. The number of hydrogen-bond acceptors (Lipinski definition) is 6. The van der Waals surface area contributed by atoms with Gasteiger partial charge in [0, 0.05) is 24.0 Å². The minimum atomic E-state index is -1.10. The summed E-state index contributed by atoms with van der Waals surface area (Å²) < 4.78 is 4.76. The normalized spacial score (nSPS) is 27.6. The number of carbonyl (C=O) groups excluding carboxylic acids is 2. The molecule has 0 saturated carbocycles. The van der Waals surface area contributed by atoms with E-state index in [4.69, 9.17) is 4.74 Å². The van der Waals surface area contributed by atoms with E-state index < -0.39 is 35.7 Å². The molecule has 0 spiro atoms. The Bertz CT molecular complexity index is 614. The Labute approximate surface area is 127 Å². The molecule has 0 bridgehead atoms. The highest BCUT2D eigenvalue weighted by Crippen LogP contribution is 2.40. The van der Waals surface area contributed by atoms with E-state index >= 15 is 0 Å². The van der Waals surface area contributed by atoms with Crippen LogP contribution < -0.4 is 0 Å². The van der Waals surface area contributed by atoms with Crippen molar-refractivity contribution < 1.29 is 24.2 Å². The lowest BCUT2D eigenvalue weighted by Gasteiger charge is -2.36. The Kier molecular flexibility index (Phi) is 4.65. The summed E-state index contributed by atoms with van der Waals surface area (Å²) in [5, 5.41) is 9.53. The second kappa shape index (κ2) is 6.46. The van der Waals surface area contributed by atoms with E-state index in [1.165, 1.54) is 19.5 Å². The lowest BCUT2D eigenvalue weighted by molar-refractivity contribution is -0.150. The van der Waals surface area contributed by atoms with Crippen molar-refractivity contribution in [1.82, 2.24) is 4.98 Å². The minimum absolute atomic E-state index is 0.312. The van der Waals surface area contributed by atoms with Crippen LogP contribution in [0.1, 0.15) is 18.4 Å². The smallest absolute Gasteiger partial charge is 0.312 e. The summed E-state index contributed by atoms with van der Waals surface area (Å²) in [7, 11) is 1.20. The Balaban J connectivity index is 2.62. The Hall–Kier alpha value is -2.57. The summed E-state index contributed by atoms with van der Waals surface area (Å²) in [6.07, 6.45) is 3.58. The number of nitrogens with zero attached hydrogens (tertiary/aromatic N) is 2. The topological polar surface area (TPSA) is 106 Å². The standard InChI is InChI=1S/C15H16N2O5/c1-8-11(14(19)20)12(9-3-5-16-6-4-9)13(15(21)22-2)10(7-18)17-8/h3-7,10-13H,1-2H3,(H,19,20). The minimum Gasteiger partial charge on any atom is -0.481 e. The molecule has 4 atom stereocenters. The SMILES string of the molecule is COC(=O)C1C(C=O)N=C(C)C(C(=O)O)C1c1ccncc1. The van der Waals surface area contributed by atoms with Crippen LogP contribution in [-0.4, -0.2) is 47.2 Å². The fraction of sp³-hybridized carbons (Fsp3) is 0.400. The van der Waals surface area contributed by atoms with Gasteiger partial charge in [0.25, 0.3) is 0 Å². The van der Waals surface area contributed by atoms with Crippen molar-refractivity contribution in [2.24, 2.45) is 16.8 Å². The molecule has 0 fully saturated rings. The number of aliphatic carboxylic acids is 1. The lowest BCUT2D eigenvalue weighted by Crippen LogP contribution is -2.46. The van der Waals surface area contributed by atoms with E-state index in [2.05, 4.69) is 9.98 Å². The molecule has 2 heterocycles. The summed E-state index contributed by atoms with van der Waals surface area (Å²) in [6, 6.07) is 2.31. The zero-order valence-corrected chi connectivity index (χ0v) is 12.2. The van der Waals surface area contributed by atoms with Crippen molar-refractivity contribution in [2.45, 2.75) is 18.9 Å². The zero-order chi connectivity index (χ0) is 16.3. The number of rotatable bonds is 4. The van der Waals surface area contributed by atoms with Crippen LogP contribution in [0, 0.1) is 11.8 Å². The largest absolute Gasteiger partial charge is 0.481 e. The first-order valence-corrected chi connectivity index (χ1v) is 6.71. The molecule has 7 nitrogen and oxygen atoms in total. The summed E-state index contributed by atoms with van der Waals surface area (Å²) in [6.45, 7) is 1.55. The summed E-state index contributed by atoms with van der Waals surface area (Å²) in [5.41, 5.74) is 0.922. The van der Waals surface area contributed by atoms with Crippen molar-refractivity contribution >= 4 is 23.9 Å². The Morgan fingerprint density at radius 2 is 1.95 bits per heavy atom. The van der Waals surface area contributed by atoms with E-state index in [9.17, 15) is 19.5 Å². The first-order chi connectivity index (χ1) is 10.5. The van der Waals surface area contributed by atoms with E-state index in [0.717, 1.165) is 0 Å². The van der Waals surface area contributed by atoms with Crippen LogP contribution in [0.5, 0.6) is 0 Å². The highest BCUT2D eigenvalue weighted by atomic mass is 16.5. The van der Waals surface area contributed by atoms with Gasteiger partial charge in [-0.25, -0.2) is 0 Å². The van der Waals surface area contributed by atoms with Crippen molar-refractivity contribution in [3.05, 3.63) is 30.1 Å². The molecule has 4 unspecified atom stereocenters. The molecular formula is C15H16N2O5. The highest BCUT2D eigenvalue weighted by Gasteiger charge is 2.48. The molecule has 0 aromatic carbocycles. The zero-order valence-electron chi connectivity index (χ0n) is 12.2. The van der Waals surface area contributed by atoms with Gasteiger partial charge in [0.2, 0.25) is 0 Å². The number of carboxylic acid groups (broad SMARTS) is 1. The van der Waals surface area contributed by atoms with Crippen LogP contribution >= 0.6 is 0 Å². The fourth-order valence-corrected chi connectivity index (χ4v) is 2.93. The number of aldehydes is 1. The van der Waals surface area contributed by atoms with Crippen LogP contribution in [0.15, 0.2) is 29.5 Å². The van der Waals surface area contributed by atoms with Crippen LogP contribution in [-0.2, 0) is 19.1 Å². The van der Waals surface area contributed by atoms with Crippen molar-refractivity contribution in [3.63, 3.8) is 0 Å². The summed E-state index contributed by atoms with van der Waals surface area (Å²) in [5.74, 6) is -4.46. The lowest BCUT2D eigenvalue weighted by atomic mass is 9.70. The monoisotopic (exact) mass is 304 g/mol. The van der Waals surface area contributed by atoms with Gasteiger partial charge >= 0.3 is 11.9 Å². The van der Waals surface area contributed by atoms with E-state index in [1.807, 2.05) is 0 Å². The van der Waals surface area contributed by atoms with Crippen molar-refractivity contribution in [3.8, 4) is 0 Å².